The highest BCUT2D eigenvalue weighted by atomic mass is 35.5. The molecule has 1 saturated carbocycles. The second-order valence-corrected chi connectivity index (χ2v) is 4.88. The molecule has 1 aliphatic carbocycles. The lowest BCUT2D eigenvalue weighted by Crippen LogP contribution is -2.34. The van der Waals surface area contributed by atoms with Gasteiger partial charge in [-0.2, -0.15) is 9.97 Å². The van der Waals surface area contributed by atoms with E-state index in [1.807, 2.05) is 6.92 Å². The van der Waals surface area contributed by atoms with E-state index in [2.05, 4.69) is 15.0 Å². The fourth-order valence-electron chi connectivity index (χ4n) is 1.99. The Morgan fingerprint density at radius 1 is 1.39 bits per heavy atom. The quantitative estimate of drug-likeness (QED) is 0.840. The Labute approximate surface area is 109 Å². The van der Waals surface area contributed by atoms with Crippen molar-refractivity contribution in [2.75, 3.05) is 11.5 Å². The topological polar surface area (TPSA) is 68.2 Å². The van der Waals surface area contributed by atoms with Crippen LogP contribution in [0.25, 0.3) is 0 Å². The standard InChI is InChI=1S/C11H13ClN4O2/c1-2-7-5-18-11(17)16(7)10-14-8(6-3-4-6)13-9(12)15-10/h6-7H,2-5H2,1H3. The molecule has 3 rings (SSSR count). The Balaban J connectivity index is 1.97. The van der Waals surface area contributed by atoms with Gasteiger partial charge in [-0.1, -0.05) is 6.92 Å². The normalized spacial score (nSPS) is 23.3. The Kier molecular flexibility index (Phi) is 2.81. The molecule has 2 fully saturated rings. The number of halogens is 1. The molecule has 0 bridgehead atoms. The number of carbonyl (C=O) groups is 1. The highest BCUT2D eigenvalue weighted by molar-refractivity contribution is 6.28. The minimum atomic E-state index is -0.411. The maximum atomic E-state index is 11.7. The number of hydrogen-bond acceptors (Lipinski definition) is 5. The van der Waals surface area contributed by atoms with Crippen molar-refractivity contribution in [1.29, 1.82) is 0 Å². The maximum Gasteiger partial charge on any atom is 0.417 e. The molecule has 1 atom stereocenters. The summed E-state index contributed by atoms with van der Waals surface area (Å²) < 4.78 is 5.02. The molecule has 0 aromatic carbocycles. The van der Waals surface area contributed by atoms with Crippen LogP contribution in [-0.2, 0) is 4.74 Å². The number of rotatable bonds is 3. The highest BCUT2D eigenvalue weighted by Crippen LogP contribution is 2.39. The van der Waals surface area contributed by atoms with Crippen molar-refractivity contribution in [3.05, 3.63) is 11.1 Å². The van der Waals surface area contributed by atoms with E-state index in [1.165, 1.54) is 4.90 Å². The Bertz CT molecular complexity index is 492. The Morgan fingerprint density at radius 3 is 2.83 bits per heavy atom. The smallest absolute Gasteiger partial charge is 0.417 e. The third-order valence-corrected chi connectivity index (χ3v) is 3.37. The van der Waals surface area contributed by atoms with Crippen LogP contribution in [0.4, 0.5) is 10.7 Å². The van der Waals surface area contributed by atoms with Crippen LogP contribution >= 0.6 is 11.6 Å². The summed E-state index contributed by atoms with van der Waals surface area (Å²) >= 11 is 5.90. The summed E-state index contributed by atoms with van der Waals surface area (Å²) in [5.41, 5.74) is 0. The summed E-state index contributed by atoms with van der Waals surface area (Å²) in [4.78, 5) is 25.7. The molecule has 6 nitrogen and oxygen atoms in total. The van der Waals surface area contributed by atoms with Crippen molar-refractivity contribution in [2.24, 2.45) is 0 Å². The molecule has 18 heavy (non-hydrogen) atoms. The fourth-order valence-corrected chi connectivity index (χ4v) is 2.15. The number of anilines is 1. The second-order valence-electron chi connectivity index (χ2n) is 4.55. The monoisotopic (exact) mass is 268 g/mol. The molecule has 2 aliphatic rings. The van der Waals surface area contributed by atoms with E-state index < -0.39 is 6.09 Å². The molecular weight excluding hydrogens is 256 g/mol. The Hall–Kier alpha value is -1.43. The van der Waals surface area contributed by atoms with Crippen LogP contribution in [0.15, 0.2) is 0 Å². The number of aromatic nitrogens is 3. The molecule has 1 amide bonds. The van der Waals surface area contributed by atoms with E-state index in [-0.39, 0.29) is 11.3 Å². The largest absolute Gasteiger partial charge is 0.447 e. The van der Waals surface area contributed by atoms with Gasteiger partial charge < -0.3 is 4.74 Å². The molecule has 1 unspecified atom stereocenters. The van der Waals surface area contributed by atoms with Crippen LogP contribution in [0.2, 0.25) is 5.28 Å². The summed E-state index contributed by atoms with van der Waals surface area (Å²) in [6, 6.07) is -0.0250. The predicted octanol–water partition coefficient (Wildman–Crippen LogP) is 2.14. The van der Waals surface area contributed by atoms with Crippen molar-refractivity contribution in [3.63, 3.8) is 0 Å². The van der Waals surface area contributed by atoms with Crippen LogP contribution < -0.4 is 4.90 Å². The van der Waals surface area contributed by atoms with Gasteiger partial charge in [0.2, 0.25) is 11.2 Å². The van der Waals surface area contributed by atoms with Crippen molar-refractivity contribution in [1.82, 2.24) is 15.0 Å². The van der Waals surface area contributed by atoms with Gasteiger partial charge in [-0.15, -0.1) is 0 Å². The molecule has 1 aromatic rings. The number of ether oxygens (including phenoxy) is 1. The number of amides is 1. The van der Waals surface area contributed by atoms with Gasteiger partial charge in [0.25, 0.3) is 0 Å². The second kappa shape index (κ2) is 4.35. The third-order valence-electron chi connectivity index (χ3n) is 3.20. The number of cyclic esters (lactones) is 1. The van der Waals surface area contributed by atoms with E-state index >= 15 is 0 Å². The average Bonchev–Trinajstić information content (AvgIpc) is 3.12. The summed E-state index contributed by atoms with van der Waals surface area (Å²) in [5, 5.41) is 0.136. The first-order valence-corrected chi connectivity index (χ1v) is 6.44. The Morgan fingerprint density at radius 2 is 2.17 bits per heavy atom. The first kappa shape index (κ1) is 11.6. The summed E-state index contributed by atoms with van der Waals surface area (Å²) in [6.45, 7) is 2.36. The molecule has 0 radical (unpaired) electrons. The molecule has 1 aromatic heterocycles. The van der Waals surface area contributed by atoms with Crippen LogP contribution in [0, 0.1) is 0 Å². The van der Waals surface area contributed by atoms with Gasteiger partial charge in [0.05, 0.1) is 6.04 Å². The number of nitrogens with zero attached hydrogens (tertiary/aromatic N) is 4. The number of hydrogen-bond donors (Lipinski definition) is 0. The van der Waals surface area contributed by atoms with Crippen LogP contribution in [0.1, 0.15) is 37.9 Å². The molecule has 96 valence electrons. The summed E-state index contributed by atoms with van der Waals surface area (Å²) in [5.74, 6) is 1.36. The molecule has 1 aliphatic heterocycles. The lowest BCUT2D eigenvalue weighted by Gasteiger charge is -2.18. The summed E-state index contributed by atoms with van der Waals surface area (Å²) in [6.07, 6.45) is 2.52. The van der Waals surface area contributed by atoms with Gasteiger partial charge in [-0.3, -0.25) is 0 Å². The van der Waals surface area contributed by atoms with Gasteiger partial charge in [-0.05, 0) is 30.9 Å². The molecule has 0 spiro atoms. The van der Waals surface area contributed by atoms with Gasteiger partial charge in [0.1, 0.15) is 12.4 Å². The minimum absolute atomic E-state index is 0.0250. The van der Waals surface area contributed by atoms with Crippen LogP contribution in [0.3, 0.4) is 0 Å². The number of carbonyl (C=O) groups excluding carboxylic acids is 1. The lowest BCUT2D eigenvalue weighted by atomic mass is 10.2. The van der Waals surface area contributed by atoms with Crippen LogP contribution in [-0.4, -0.2) is 33.7 Å². The predicted molar refractivity (Wildman–Crippen MR) is 64.7 cm³/mol. The van der Waals surface area contributed by atoms with Crippen molar-refractivity contribution < 1.29 is 9.53 Å². The average molecular weight is 269 g/mol. The molecule has 7 heteroatoms. The van der Waals surface area contributed by atoms with E-state index in [0.29, 0.717) is 24.3 Å². The van der Waals surface area contributed by atoms with Crippen molar-refractivity contribution in [2.45, 2.75) is 38.1 Å². The molecule has 2 heterocycles. The van der Waals surface area contributed by atoms with E-state index in [4.69, 9.17) is 16.3 Å². The zero-order valence-electron chi connectivity index (χ0n) is 9.97. The molecule has 0 N–H and O–H groups in total. The van der Waals surface area contributed by atoms with Gasteiger partial charge in [-0.25, -0.2) is 14.7 Å². The lowest BCUT2D eigenvalue weighted by molar-refractivity contribution is 0.178. The zero-order chi connectivity index (χ0) is 12.7. The summed E-state index contributed by atoms with van der Waals surface area (Å²) in [7, 11) is 0. The van der Waals surface area contributed by atoms with Gasteiger partial charge in [0.15, 0.2) is 0 Å². The first-order chi connectivity index (χ1) is 8.69. The highest BCUT2D eigenvalue weighted by Gasteiger charge is 2.36. The maximum absolute atomic E-state index is 11.7. The molecular formula is C11H13ClN4O2. The SMILES string of the molecule is CCC1COC(=O)N1c1nc(Cl)nc(C2CC2)n1. The van der Waals surface area contributed by atoms with E-state index in [0.717, 1.165) is 19.3 Å². The first-order valence-electron chi connectivity index (χ1n) is 6.06. The van der Waals surface area contributed by atoms with Gasteiger partial charge >= 0.3 is 6.09 Å². The fraction of sp³-hybridized carbons (Fsp3) is 0.636. The minimum Gasteiger partial charge on any atom is -0.447 e. The zero-order valence-corrected chi connectivity index (χ0v) is 10.7. The van der Waals surface area contributed by atoms with Gasteiger partial charge in [0, 0.05) is 5.92 Å². The van der Waals surface area contributed by atoms with Crippen molar-refractivity contribution >= 4 is 23.6 Å². The van der Waals surface area contributed by atoms with E-state index in [1.54, 1.807) is 0 Å². The van der Waals surface area contributed by atoms with Crippen molar-refractivity contribution in [3.8, 4) is 0 Å². The molecule has 1 saturated heterocycles. The van der Waals surface area contributed by atoms with Crippen LogP contribution in [0.5, 0.6) is 0 Å². The third kappa shape index (κ3) is 2.01. The van der Waals surface area contributed by atoms with E-state index in [9.17, 15) is 4.79 Å².